The second kappa shape index (κ2) is 9.96. The summed E-state index contributed by atoms with van der Waals surface area (Å²) < 4.78 is 5.32. The molecule has 1 aromatic rings. The summed E-state index contributed by atoms with van der Waals surface area (Å²) in [5.74, 6) is 1.04. The molecule has 2 aliphatic heterocycles. The van der Waals surface area contributed by atoms with Crippen molar-refractivity contribution in [2.45, 2.75) is 38.3 Å². The number of nitrogens with zero attached hydrogens (tertiary/aromatic N) is 3. The van der Waals surface area contributed by atoms with E-state index in [1.165, 1.54) is 5.56 Å². The number of amides is 3. The van der Waals surface area contributed by atoms with Crippen LogP contribution in [-0.2, 0) is 11.3 Å². The number of likely N-dealkylation sites (tertiary alicyclic amines) is 2. The van der Waals surface area contributed by atoms with E-state index in [1.54, 1.807) is 26.1 Å². The largest absolute Gasteiger partial charge is 0.497 e. The second-order valence-corrected chi connectivity index (χ2v) is 8.37. The summed E-state index contributed by atoms with van der Waals surface area (Å²) in [5, 5.41) is 3.27. The topological polar surface area (TPSA) is 65.1 Å². The SMILES string of the molecule is COc1cccc(CN2CCCC(NC(=O)C3CCN(C(=O)N(C)C)CC3)C2)c1. The third-order valence-corrected chi connectivity index (χ3v) is 5.91. The number of benzene rings is 1. The van der Waals surface area contributed by atoms with E-state index >= 15 is 0 Å². The Morgan fingerprint density at radius 1 is 1.17 bits per heavy atom. The number of piperidine rings is 2. The van der Waals surface area contributed by atoms with E-state index in [4.69, 9.17) is 4.74 Å². The number of nitrogens with one attached hydrogen (secondary N) is 1. The van der Waals surface area contributed by atoms with Gasteiger partial charge in [0.05, 0.1) is 7.11 Å². The van der Waals surface area contributed by atoms with E-state index in [9.17, 15) is 9.59 Å². The monoisotopic (exact) mass is 402 g/mol. The summed E-state index contributed by atoms with van der Waals surface area (Å²) >= 11 is 0. The molecule has 3 amide bonds. The maximum absolute atomic E-state index is 12.8. The fourth-order valence-corrected chi connectivity index (χ4v) is 4.28. The molecule has 2 saturated heterocycles. The molecule has 0 aliphatic carbocycles. The normalized spacial score (nSPS) is 20.9. The highest BCUT2D eigenvalue weighted by molar-refractivity contribution is 5.80. The first-order valence-corrected chi connectivity index (χ1v) is 10.6. The van der Waals surface area contributed by atoms with Crippen molar-refractivity contribution < 1.29 is 14.3 Å². The molecule has 1 unspecified atom stereocenters. The van der Waals surface area contributed by atoms with Gasteiger partial charge >= 0.3 is 6.03 Å². The molecular formula is C22H34N4O3. The maximum Gasteiger partial charge on any atom is 0.319 e. The van der Waals surface area contributed by atoms with Gasteiger partial charge < -0.3 is 19.9 Å². The highest BCUT2D eigenvalue weighted by Crippen LogP contribution is 2.21. The Labute approximate surface area is 174 Å². The summed E-state index contributed by atoms with van der Waals surface area (Å²) in [5.41, 5.74) is 1.23. The molecule has 0 saturated carbocycles. The average Bonchev–Trinajstić information content (AvgIpc) is 2.73. The molecule has 1 aromatic carbocycles. The molecule has 160 valence electrons. The Morgan fingerprint density at radius 2 is 1.93 bits per heavy atom. The van der Waals surface area contributed by atoms with Crippen LogP contribution in [0.25, 0.3) is 0 Å². The van der Waals surface area contributed by atoms with Crippen LogP contribution in [-0.4, -0.2) is 80.1 Å². The molecule has 2 heterocycles. The van der Waals surface area contributed by atoms with Crippen LogP contribution in [0.1, 0.15) is 31.2 Å². The molecule has 0 aromatic heterocycles. The minimum absolute atomic E-state index is 0.00923. The van der Waals surface area contributed by atoms with Gasteiger partial charge in [0.15, 0.2) is 0 Å². The van der Waals surface area contributed by atoms with Gasteiger partial charge in [0.1, 0.15) is 5.75 Å². The number of hydrogen-bond acceptors (Lipinski definition) is 4. The smallest absolute Gasteiger partial charge is 0.319 e. The van der Waals surface area contributed by atoms with Crippen molar-refractivity contribution in [3.8, 4) is 5.75 Å². The van der Waals surface area contributed by atoms with Crippen molar-refractivity contribution in [3.05, 3.63) is 29.8 Å². The lowest BCUT2D eigenvalue weighted by Crippen LogP contribution is -2.51. The van der Waals surface area contributed by atoms with Gasteiger partial charge in [-0.1, -0.05) is 12.1 Å². The van der Waals surface area contributed by atoms with Gasteiger partial charge in [0, 0.05) is 52.2 Å². The Hall–Kier alpha value is -2.28. The summed E-state index contributed by atoms with van der Waals surface area (Å²) in [6, 6.07) is 8.40. The summed E-state index contributed by atoms with van der Waals surface area (Å²) in [7, 11) is 5.22. The van der Waals surface area contributed by atoms with Crippen molar-refractivity contribution in [1.29, 1.82) is 0 Å². The van der Waals surface area contributed by atoms with Crippen molar-refractivity contribution in [2.24, 2.45) is 5.92 Å². The zero-order valence-electron chi connectivity index (χ0n) is 17.9. The number of ether oxygens (including phenoxy) is 1. The Bertz CT molecular complexity index is 701. The zero-order chi connectivity index (χ0) is 20.8. The minimum Gasteiger partial charge on any atom is -0.497 e. The second-order valence-electron chi connectivity index (χ2n) is 8.37. The molecule has 1 N–H and O–H groups in total. The lowest BCUT2D eigenvalue weighted by Gasteiger charge is -2.36. The van der Waals surface area contributed by atoms with Crippen LogP contribution in [0, 0.1) is 5.92 Å². The van der Waals surface area contributed by atoms with E-state index < -0.39 is 0 Å². The Morgan fingerprint density at radius 3 is 2.62 bits per heavy atom. The van der Waals surface area contributed by atoms with Gasteiger partial charge in [0.2, 0.25) is 5.91 Å². The summed E-state index contributed by atoms with van der Waals surface area (Å²) in [6.07, 6.45) is 3.60. The fraction of sp³-hybridized carbons (Fsp3) is 0.636. The number of carbonyl (C=O) groups is 2. The molecule has 2 fully saturated rings. The van der Waals surface area contributed by atoms with Crippen molar-refractivity contribution in [2.75, 3.05) is 47.4 Å². The number of carbonyl (C=O) groups excluding carboxylic acids is 2. The van der Waals surface area contributed by atoms with E-state index in [1.807, 2.05) is 17.0 Å². The molecular weight excluding hydrogens is 368 g/mol. The molecule has 3 rings (SSSR count). The Balaban J connectivity index is 1.46. The third-order valence-electron chi connectivity index (χ3n) is 5.91. The van der Waals surface area contributed by atoms with Gasteiger partial charge in [0.25, 0.3) is 0 Å². The average molecular weight is 403 g/mol. The molecule has 2 aliphatic rings. The van der Waals surface area contributed by atoms with Crippen LogP contribution < -0.4 is 10.1 Å². The highest BCUT2D eigenvalue weighted by atomic mass is 16.5. The van der Waals surface area contributed by atoms with Crippen LogP contribution >= 0.6 is 0 Å². The van der Waals surface area contributed by atoms with Crippen LogP contribution in [0.15, 0.2) is 24.3 Å². The lowest BCUT2D eigenvalue weighted by atomic mass is 9.95. The standard InChI is InChI=1S/C22H34N4O3/c1-24(2)22(28)26-12-9-18(10-13-26)21(27)23-19-7-5-11-25(16-19)15-17-6-4-8-20(14-17)29-3/h4,6,8,14,18-19H,5,7,9-13,15-16H2,1-3H3,(H,23,27). The lowest BCUT2D eigenvalue weighted by molar-refractivity contribution is -0.127. The highest BCUT2D eigenvalue weighted by Gasteiger charge is 2.30. The van der Waals surface area contributed by atoms with Crippen molar-refractivity contribution >= 4 is 11.9 Å². The van der Waals surface area contributed by atoms with Crippen LogP contribution in [0.4, 0.5) is 4.79 Å². The number of urea groups is 1. The van der Waals surface area contributed by atoms with Gasteiger partial charge in [-0.2, -0.15) is 0 Å². The molecule has 0 spiro atoms. The predicted molar refractivity (Wildman–Crippen MR) is 113 cm³/mol. The van der Waals surface area contributed by atoms with Gasteiger partial charge in [-0.3, -0.25) is 9.69 Å². The number of methoxy groups -OCH3 is 1. The predicted octanol–water partition coefficient (Wildman–Crippen LogP) is 2.17. The van der Waals surface area contributed by atoms with Crippen LogP contribution in [0.2, 0.25) is 0 Å². The summed E-state index contributed by atoms with van der Waals surface area (Å²) in [4.78, 5) is 30.7. The first kappa shape index (κ1) is 21.4. The van der Waals surface area contributed by atoms with Crippen LogP contribution in [0.3, 0.4) is 0 Å². The molecule has 0 bridgehead atoms. The van der Waals surface area contributed by atoms with Gasteiger partial charge in [-0.25, -0.2) is 4.79 Å². The van der Waals surface area contributed by atoms with E-state index in [-0.39, 0.29) is 23.9 Å². The maximum atomic E-state index is 12.8. The fourth-order valence-electron chi connectivity index (χ4n) is 4.28. The first-order valence-electron chi connectivity index (χ1n) is 10.6. The molecule has 1 atom stereocenters. The van der Waals surface area contributed by atoms with Crippen molar-refractivity contribution in [3.63, 3.8) is 0 Å². The van der Waals surface area contributed by atoms with E-state index in [2.05, 4.69) is 22.3 Å². The first-order chi connectivity index (χ1) is 14.0. The number of hydrogen-bond donors (Lipinski definition) is 1. The van der Waals surface area contributed by atoms with Gasteiger partial charge in [-0.15, -0.1) is 0 Å². The summed E-state index contributed by atoms with van der Waals surface area (Å²) in [6.45, 7) is 4.10. The molecule has 7 heteroatoms. The van der Waals surface area contributed by atoms with Gasteiger partial charge in [-0.05, 0) is 49.9 Å². The zero-order valence-corrected chi connectivity index (χ0v) is 17.9. The van der Waals surface area contributed by atoms with E-state index in [0.717, 1.165) is 51.1 Å². The van der Waals surface area contributed by atoms with Crippen molar-refractivity contribution in [1.82, 2.24) is 20.0 Å². The molecule has 0 radical (unpaired) electrons. The Kier molecular flexibility index (Phi) is 7.36. The third kappa shape index (κ3) is 5.85. The van der Waals surface area contributed by atoms with E-state index in [0.29, 0.717) is 13.1 Å². The molecule has 29 heavy (non-hydrogen) atoms. The van der Waals surface area contributed by atoms with Crippen LogP contribution in [0.5, 0.6) is 5.75 Å². The minimum atomic E-state index is 0.00923. The number of rotatable bonds is 5. The molecule has 7 nitrogen and oxygen atoms in total. The quantitative estimate of drug-likeness (QED) is 0.820.